The lowest BCUT2D eigenvalue weighted by Gasteiger charge is -2.42. The van der Waals surface area contributed by atoms with E-state index < -0.39 is 38.9 Å². The number of urea groups is 2. The molecule has 0 spiro atoms. The summed E-state index contributed by atoms with van der Waals surface area (Å²) < 4.78 is 0. The van der Waals surface area contributed by atoms with Crippen LogP contribution in [0.2, 0.25) is 0 Å². The van der Waals surface area contributed by atoms with Crippen molar-refractivity contribution < 1.29 is 29.6 Å². The van der Waals surface area contributed by atoms with Crippen molar-refractivity contribution in [1.82, 2.24) is 10.0 Å². The molecule has 4 N–H and O–H groups in total. The fourth-order valence-electron chi connectivity index (χ4n) is 2.98. The Hall–Kier alpha value is -4.88. The quantitative estimate of drug-likeness (QED) is 0.201. The second-order valence-corrected chi connectivity index (χ2v) is 8.13. The van der Waals surface area contributed by atoms with Crippen molar-refractivity contribution in [1.29, 1.82) is 0 Å². The van der Waals surface area contributed by atoms with E-state index in [2.05, 4.69) is 17.2 Å². The number of carbonyl (C=O) groups is 2. The first-order valence-corrected chi connectivity index (χ1v) is 10.0. The molecule has 35 heavy (non-hydrogen) atoms. The fourth-order valence-corrected chi connectivity index (χ4v) is 2.98. The summed E-state index contributed by atoms with van der Waals surface area (Å²) in [6.45, 7) is 8.27. The Morgan fingerprint density at radius 3 is 1.71 bits per heavy atom. The molecule has 2 rings (SSSR count). The molecule has 0 heterocycles. The van der Waals surface area contributed by atoms with Crippen LogP contribution in [-0.4, -0.2) is 54.2 Å². The lowest BCUT2D eigenvalue weighted by atomic mass is 10.1. The van der Waals surface area contributed by atoms with E-state index in [4.69, 9.17) is 0 Å². The Morgan fingerprint density at radius 2 is 1.37 bits per heavy atom. The molecule has 186 valence electrons. The first kappa shape index (κ1) is 26.4. The Balaban J connectivity index is 2.36. The summed E-state index contributed by atoms with van der Waals surface area (Å²) in [5.74, 6) is -1.12. The van der Waals surface area contributed by atoms with Crippen LogP contribution in [0.5, 0.6) is 11.5 Å². The number of nitrogens with zero attached hydrogens (tertiary/aromatic N) is 4. The number of nitro benzene ring substituents is 2. The molecule has 0 saturated heterocycles. The lowest BCUT2D eigenvalue weighted by Crippen LogP contribution is -2.60. The van der Waals surface area contributed by atoms with Gasteiger partial charge in [0.05, 0.1) is 45.4 Å². The number of hydrogen-bond donors (Lipinski definition) is 4. The predicted molar refractivity (Wildman–Crippen MR) is 126 cm³/mol. The summed E-state index contributed by atoms with van der Waals surface area (Å²) in [6.07, 6.45) is 1.34. The maximum atomic E-state index is 13.2. The van der Waals surface area contributed by atoms with Crippen molar-refractivity contribution in [2.45, 2.75) is 26.3 Å². The van der Waals surface area contributed by atoms with Gasteiger partial charge in [0.1, 0.15) is 11.5 Å². The van der Waals surface area contributed by atoms with Crippen LogP contribution in [0, 0.1) is 20.2 Å². The van der Waals surface area contributed by atoms with Crippen LogP contribution < -0.4 is 10.6 Å². The Bertz CT molecular complexity index is 1180. The number of rotatable bonds is 6. The van der Waals surface area contributed by atoms with Gasteiger partial charge in [-0.2, -0.15) is 0 Å². The molecule has 0 atom stereocenters. The molecule has 0 aliphatic carbocycles. The summed E-state index contributed by atoms with van der Waals surface area (Å²) in [5, 5.41) is 48.7. The number of aromatic hydroxyl groups is 2. The van der Waals surface area contributed by atoms with E-state index in [1.165, 1.54) is 6.08 Å². The first-order chi connectivity index (χ1) is 16.3. The van der Waals surface area contributed by atoms with E-state index in [9.17, 15) is 40.0 Å². The highest BCUT2D eigenvalue weighted by Gasteiger charge is 2.35. The van der Waals surface area contributed by atoms with Crippen molar-refractivity contribution in [2.24, 2.45) is 0 Å². The molecule has 0 radical (unpaired) electrons. The summed E-state index contributed by atoms with van der Waals surface area (Å²) in [5.41, 5.74) is -2.07. The molecule has 14 heteroatoms. The maximum Gasteiger partial charge on any atom is 0.341 e. The summed E-state index contributed by atoms with van der Waals surface area (Å²) >= 11 is 0. The molecule has 4 amide bonds. The summed E-state index contributed by atoms with van der Waals surface area (Å²) in [6, 6.07) is 4.41. The highest BCUT2D eigenvalue weighted by atomic mass is 16.6. The van der Waals surface area contributed by atoms with Gasteiger partial charge in [-0.05, 0) is 32.9 Å². The van der Waals surface area contributed by atoms with Gasteiger partial charge in [0, 0.05) is 12.1 Å². The third-order valence-corrected chi connectivity index (χ3v) is 4.47. The Kier molecular flexibility index (Phi) is 7.81. The number of amides is 4. The van der Waals surface area contributed by atoms with Crippen LogP contribution in [0.15, 0.2) is 49.1 Å². The van der Waals surface area contributed by atoms with E-state index in [1.54, 1.807) is 20.8 Å². The minimum Gasteiger partial charge on any atom is -0.506 e. The molecule has 14 nitrogen and oxygen atoms in total. The number of nitro groups is 2. The van der Waals surface area contributed by atoms with E-state index >= 15 is 0 Å². The van der Waals surface area contributed by atoms with Crippen LogP contribution in [0.1, 0.15) is 20.8 Å². The molecule has 2 aromatic carbocycles. The van der Waals surface area contributed by atoms with E-state index in [0.29, 0.717) is 0 Å². The third-order valence-electron chi connectivity index (χ3n) is 4.47. The third kappa shape index (κ3) is 6.34. The van der Waals surface area contributed by atoms with Crippen molar-refractivity contribution in [3.8, 4) is 11.5 Å². The number of hydrazine groups is 1. The van der Waals surface area contributed by atoms with Crippen molar-refractivity contribution in [3.05, 3.63) is 69.3 Å². The Labute approximate surface area is 199 Å². The number of anilines is 2. The van der Waals surface area contributed by atoms with Gasteiger partial charge in [-0.1, -0.05) is 6.08 Å². The molecule has 2 aromatic rings. The molecule has 0 aliphatic rings. The number of phenolic OH excluding ortho intramolecular Hbond substituents is 2. The van der Waals surface area contributed by atoms with Crippen LogP contribution >= 0.6 is 0 Å². The largest absolute Gasteiger partial charge is 0.506 e. The smallest absolute Gasteiger partial charge is 0.341 e. The van der Waals surface area contributed by atoms with Gasteiger partial charge in [0.15, 0.2) is 0 Å². The topological polar surface area (TPSA) is 191 Å². The average molecular weight is 488 g/mol. The average Bonchev–Trinajstić information content (AvgIpc) is 2.74. The molecule has 0 aliphatic heterocycles. The minimum absolute atomic E-state index is 0.137. The van der Waals surface area contributed by atoms with Gasteiger partial charge in [-0.3, -0.25) is 20.2 Å². The fraction of sp³-hybridized carbons (Fsp3) is 0.238. The van der Waals surface area contributed by atoms with Gasteiger partial charge in [0.2, 0.25) is 0 Å². The number of nitrogens with one attached hydrogen (secondary N) is 2. The molecule has 0 saturated carbocycles. The molecular formula is C21H24N6O8. The number of carbonyl (C=O) groups excluding carboxylic acids is 2. The van der Waals surface area contributed by atoms with E-state index in [1.807, 2.05) is 0 Å². The van der Waals surface area contributed by atoms with Gasteiger partial charge in [0.25, 0.3) is 11.4 Å². The monoisotopic (exact) mass is 488 g/mol. The zero-order valence-corrected chi connectivity index (χ0v) is 19.1. The van der Waals surface area contributed by atoms with Gasteiger partial charge in [-0.15, -0.1) is 6.58 Å². The highest BCUT2D eigenvalue weighted by molar-refractivity contribution is 5.96. The second kappa shape index (κ2) is 10.4. The summed E-state index contributed by atoms with van der Waals surface area (Å²) in [4.78, 5) is 46.6. The molecular weight excluding hydrogens is 464 g/mol. The number of phenols is 2. The zero-order chi connectivity index (χ0) is 26.5. The second-order valence-electron chi connectivity index (χ2n) is 8.13. The van der Waals surface area contributed by atoms with Crippen molar-refractivity contribution >= 4 is 34.8 Å². The van der Waals surface area contributed by atoms with Gasteiger partial charge >= 0.3 is 12.1 Å². The highest BCUT2D eigenvalue weighted by Crippen LogP contribution is 2.31. The maximum absolute atomic E-state index is 13.2. The summed E-state index contributed by atoms with van der Waals surface area (Å²) in [7, 11) is 0. The molecule has 0 unspecified atom stereocenters. The molecule has 0 bridgehead atoms. The van der Waals surface area contributed by atoms with Crippen LogP contribution in [0.25, 0.3) is 0 Å². The van der Waals surface area contributed by atoms with E-state index in [0.717, 1.165) is 46.4 Å². The number of non-ortho nitro benzene ring substituents is 2. The van der Waals surface area contributed by atoms with Gasteiger partial charge in [-0.25, -0.2) is 19.6 Å². The van der Waals surface area contributed by atoms with Crippen LogP contribution in [-0.2, 0) is 0 Å². The standard InChI is InChI=1S/C21H24N6O8/c1-5-10-24(19(30)22-15-8-6-13(26(32)33)11-17(15)28)25(21(2,3)4)20(31)23-16-9-7-14(27(34)35)12-18(16)29/h5-9,11-12,28-29H,1,10H2,2-4H3,(H,22,30)(H,23,31). The normalized spacial score (nSPS) is 10.7. The van der Waals surface area contributed by atoms with E-state index in [-0.39, 0.29) is 29.3 Å². The lowest BCUT2D eigenvalue weighted by molar-refractivity contribution is -0.385. The predicted octanol–water partition coefficient (Wildman–Crippen LogP) is 4.18. The SMILES string of the molecule is C=CCN(C(=O)Nc1ccc([N+](=O)[O-])cc1O)N(C(=O)Nc1ccc([N+](=O)[O-])cc1O)C(C)(C)C. The van der Waals surface area contributed by atoms with Crippen LogP contribution in [0.4, 0.5) is 32.3 Å². The minimum atomic E-state index is -1.02. The molecule has 0 aromatic heterocycles. The Morgan fingerprint density at radius 1 is 0.943 bits per heavy atom. The zero-order valence-electron chi connectivity index (χ0n) is 19.1. The molecule has 0 fully saturated rings. The van der Waals surface area contributed by atoms with Gasteiger partial charge < -0.3 is 20.8 Å². The van der Waals surface area contributed by atoms with Crippen molar-refractivity contribution in [3.63, 3.8) is 0 Å². The first-order valence-electron chi connectivity index (χ1n) is 10.0. The number of benzene rings is 2. The number of hydrogen-bond acceptors (Lipinski definition) is 8. The van der Waals surface area contributed by atoms with Crippen molar-refractivity contribution in [2.75, 3.05) is 17.2 Å². The van der Waals surface area contributed by atoms with Crippen LogP contribution in [0.3, 0.4) is 0 Å².